The van der Waals surface area contributed by atoms with Crippen LogP contribution in [-0.2, 0) is 4.74 Å². The molecular weight excluding hydrogens is 216 g/mol. The SMILES string of the molecule is COC(=O)c1ccc(-n2nccc2C)c(C)c1. The number of rotatable bonds is 2. The summed E-state index contributed by atoms with van der Waals surface area (Å²) in [6, 6.07) is 7.37. The molecule has 1 heterocycles. The van der Waals surface area contributed by atoms with E-state index in [9.17, 15) is 4.79 Å². The molecule has 0 saturated heterocycles. The molecule has 2 aromatic rings. The predicted octanol–water partition coefficient (Wildman–Crippen LogP) is 2.28. The van der Waals surface area contributed by atoms with E-state index < -0.39 is 0 Å². The zero-order valence-electron chi connectivity index (χ0n) is 10.1. The molecule has 0 aliphatic heterocycles. The summed E-state index contributed by atoms with van der Waals surface area (Å²) in [7, 11) is 1.38. The molecule has 2 rings (SSSR count). The van der Waals surface area contributed by atoms with Crippen LogP contribution in [0.3, 0.4) is 0 Å². The van der Waals surface area contributed by atoms with Gasteiger partial charge in [0.05, 0.1) is 18.4 Å². The number of aromatic nitrogens is 2. The largest absolute Gasteiger partial charge is 0.465 e. The molecule has 0 unspecified atom stereocenters. The van der Waals surface area contributed by atoms with Gasteiger partial charge in [-0.1, -0.05) is 0 Å². The van der Waals surface area contributed by atoms with Gasteiger partial charge >= 0.3 is 5.97 Å². The molecular formula is C13H14N2O2. The summed E-state index contributed by atoms with van der Waals surface area (Å²) in [5.41, 5.74) is 3.57. The third-order valence-corrected chi connectivity index (χ3v) is 2.68. The van der Waals surface area contributed by atoms with E-state index in [1.807, 2.05) is 36.7 Å². The second-order valence-electron chi connectivity index (χ2n) is 3.88. The minimum absolute atomic E-state index is 0.322. The van der Waals surface area contributed by atoms with Crippen molar-refractivity contribution in [2.75, 3.05) is 7.11 Å². The van der Waals surface area contributed by atoms with Crippen LogP contribution < -0.4 is 0 Å². The number of nitrogens with zero attached hydrogens (tertiary/aromatic N) is 2. The molecule has 0 saturated carbocycles. The van der Waals surface area contributed by atoms with Crippen LogP contribution in [0.25, 0.3) is 5.69 Å². The van der Waals surface area contributed by atoms with Crippen LogP contribution in [0.2, 0.25) is 0 Å². The molecule has 88 valence electrons. The molecule has 17 heavy (non-hydrogen) atoms. The van der Waals surface area contributed by atoms with Crippen LogP contribution in [-0.4, -0.2) is 22.9 Å². The summed E-state index contributed by atoms with van der Waals surface area (Å²) in [6.45, 7) is 3.93. The Morgan fingerprint density at radius 1 is 1.29 bits per heavy atom. The summed E-state index contributed by atoms with van der Waals surface area (Å²) >= 11 is 0. The Bertz CT molecular complexity index is 558. The first-order valence-electron chi connectivity index (χ1n) is 5.33. The highest BCUT2D eigenvalue weighted by Gasteiger charge is 2.09. The van der Waals surface area contributed by atoms with E-state index in [-0.39, 0.29) is 5.97 Å². The van der Waals surface area contributed by atoms with Gasteiger partial charge in [0.1, 0.15) is 0 Å². The van der Waals surface area contributed by atoms with Gasteiger partial charge in [-0.25, -0.2) is 9.48 Å². The zero-order chi connectivity index (χ0) is 12.4. The van der Waals surface area contributed by atoms with Crippen LogP contribution in [0.5, 0.6) is 0 Å². The molecule has 1 aromatic carbocycles. The number of ether oxygens (including phenoxy) is 1. The first kappa shape index (κ1) is 11.4. The molecule has 0 bridgehead atoms. The van der Waals surface area contributed by atoms with Gasteiger partial charge in [-0.05, 0) is 43.7 Å². The van der Waals surface area contributed by atoms with Gasteiger partial charge in [0, 0.05) is 11.9 Å². The average molecular weight is 230 g/mol. The highest BCUT2D eigenvalue weighted by atomic mass is 16.5. The molecule has 0 aliphatic rings. The first-order chi connectivity index (χ1) is 8.13. The third kappa shape index (κ3) is 2.06. The first-order valence-corrected chi connectivity index (χ1v) is 5.33. The summed E-state index contributed by atoms with van der Waals surface area (Å²) in [6.07, 6.45) is 1.75. The van der Waals surface area contributed by atoms with E-state index >= 15 is 0 Å². The Balaban J connectivity index is 2.46. The van der Waals surface area contributed by atoms with Crippen LogP contribution in [0, 0.1) is 13.8 Å². The summed E-state index contributed by atoms with van der Waals surface area (Å²) in [4.78, 5) is 11.4. The normalized spacial score (nSPS) is 10.3. The maximum absolute atomic E-state index is 11.4. The average Bonchev–Trinajstić information content (AvgIpc) is 2.74. The van der Waals surface area contributed by atoms with Gasteiger partial charge < -0.3 is 4.74 Å². The van der Waals surface area contributed by atoms with Crippen molar-refractivity contribution in [2.45, 2.75) is 13.8 Å². The molecule has 0 N–H and O–H groups in total. The number of carbonyl (C=O) groups is 1. The molecule has 1 aromatic heterocycles. The van der Waals surface area contributed by atoms with Crippen molar-refractivity contribution < 1.29 is 9.53 Å². The number of hydrogen-bond acceptors (Lipinski definition) is 3. The quantitative estimate of drug-likeness (QED) is 0.743. The Morgan fingerprint density at radius 2 is 2.06 bits per heavy atom. The maximum Gasteiger partial charge on any atom is 0.337 e. The second kappa shape index (κ2) is 4.41. The number of aryl methyl sites for hydroxylation is 2. The lowest BCUT2D eigenvalue weighted by molar-refractivity contribution is 0.0600. The number of hydrogen-bond donors (Lipinski definition) is 0. The maximum atomic E-state index is 11.4. The molecule has 4 nitrogen and oxygen atoms in total. The van der Waals surface area contributed by atoms with Gasteiger partial charge in [-0.15, -0.1) is 0 Å². The monoisotopic (exact) mass is 230 g/mol. The lowest BCUT2D eigenvalue weighted by atomic mass is 10.1. The van der Waals surface area contributed by atoms with Crippen LogP contribution in [0.4, 0.5) is 0 Å². The van der Waals surface area contributed by atoms with E-state index in [2.05, 4.69) is 9.84 Å². The van der Waals surface area contributed by atoms with Gasteiger partial charge in [-0.2, -0.15) is 5.10 Å². The molecule has 0 aliphatic carbocycles. The Kier molecular flexibility index (Phi) is 2.95. The number of methoxy groups -OCH3 is 1. The summed E-state index contributed by atoms with van der Waals surface area (Å²) in [5, 5.41) is 4.24. The lowest BCUT2D eigenvalue weighted by Gasteiger charge is -2.09. The van der Waals surface area contributed by atoms with E-state index in [0.717, 1.165) is 16.9 Å². The molecule has 0 radical (unpaired) electrons. The highest BCUT2D eigenvalue weighted by molar-refractivity contribution is 5.89. The molecule has 0 amide bonds. The fourth-order valence-corrected chi connectivity index (χ4v) is 1.76. The van der Waals surface area contributed by atoms with Crippen molar-refractivity contribution in [1.82, 2.24) is 9.78 Å². The van der Waals surface area contributed by atoms with Gasteiger partial charge in [0.15, 0.2) is 0 Å². The van der Waals surface area contributed by atoms with Crippen LogP contribution >= 0.6 is 0 Å². The van der Waals surface area contributed by atoms with Crippen molar-refractivity contribution >= 4 is 5.97 Å². The van der Waals surface area contributed by atoms with E-state index in [0.29, 0.717) is 5.56 Å². The molecule has 0 spiro atoms. The third-order valence-electron chi connectivity index (χ3n) is 2.68. The molecule has 4 heteroatoms. The predicted molar refractivity (Wildman–Crippen MR) is 64.4 cm³/mol. The number of carbonyl (C=O) groups excluding carboxylic acids is 1. The Labute approximate surface area is 99.8 Å². The van der Waals surface area contributed by atoms with E-state index in [1.54, 1.807) is 12.3 Å². The highest BCUT2D eigenvalue weighted by Crippen LogP contribution is 2.17. The van der Waals surface area contributed by atoms with E-state index in [4.69, 9.17) is 0 Å². The van der Waals surface area contributed by atoms with Gasteiger partial charge in [0.25, 0.3) is 0 Å². The van der Waals surface area contributed by atoms with Gasteiger partial charge in [0.2, 0.25) is 0 Å². The fraction of sp³-hybridized carbons (Fsp3) is 0.231. The minimum Gasteiger partial charge on any atom is -0.465 e. The second-order valence-corrected chi connectivity index (χ2v) is 3.88. The van der Waals surface area contributed by atoms with Crippen molar-refractivity contribution in [1.29, 1.82) is 0 Å². The van der Waals surface area contributed by atoms with Gasteiger partial charge in [-0.3, -0.25) is 0 Å². The van der Waals surface area contributed by atoms with Crippen molar-refractivity contribution in [3.05, 3.63) is 47.3 Å². The summed E-state index contributed by atoms with van der Waals surface area (Å²) in [5.74, 6) is -0.322. The zero-order valence-corrected chi connectivity index (χ0v) is 10.1. The Hall–Kier alpha value is -2.10. The summed E-state index contributed by atoms with van der Waals surface area (Å²) < 4.78 is 6.53. The molecule has 0 atom stereocenters. The smallest absolute Gasteiger partial charge is 0.337 e. The van der Waals surface area contributed by atoms with Crippen molar-refractivity contribution in [2.24, 2.45) is 0 Å². The number of esters is 1. The van der Waals surface area contributed by atoms with Crippen molar-refractivity contribution in [3.8, 4) is 5.69 Å². The Morgan fingerprint density at radius 3 is 2.59 bits per heavy atom. The van der Waals surface area contributed by atoms with Crippen LogP contribution in [0.1, 0.15) is 21.6 Å². The van der Waals surface area contributed by atoms with E-state index in [1.165, 1.54) is 7.11 Å². The fourth-order valence-electron chi connectivity index (χ4n) is 1.76. The lowest BCUT2D eigenvalue weighted by Crippen LogP contribution is -2.05. The van der Waals surface area contributed by atoms with Crippen molar-refractivity contribution in [3.63, 3.8) is 0 Å². The molecule has 0 fully saturated rings. The topological polar surface area (TPSA) is 44.1 Å². The minimum atomic E-state index is -0.322. The van der Waals surface area contributed by atoms with Crippen LogP contribution in [0.15, 0.2) is 30.5 Å². The standard InChI is InChI=1S/C13H14N2O2/c1-9-8-11(13(16)17-3)4-5-12(9)15-10(2)6-7-14-15/h4-8H,1-3H3. The number of benzene rings is 1.